The normalized spacial score (nSPS) is 18.5. The van der Waals surface area contributed by atoms with Crippen LogP contribution in [0.1, 0.15) is 38.6 Å². The number of esters is 1. The van der Waals surface area contributed by atoms with Gasteiger partial charge in [-0.25, -0.2) is 9.07 Å². The first-order valence-corrected chi connectivity index (χ1v) is 10.7. The number of likely N-dealkylation sites (tertiary alicyclic amines) is 1. The summed E-state index contributed by atoms with van der Waals surface area (Å²) >= 11 is 5.76. The van der Waals surface area contributed by atoms with Crippen molar-refractivity contribution in [3.05, 3.63) is 40.7 Å². The largest absolute Gasteiger partial charge is 0.466 e. The molecule has 1 aromatic heterocycles. The van der Waals surface area contributed by atoms with Crippen LogP contribution in [0.25, 0.3) is 5.69 Å². The van der Waals surface area contributed by atoms with Gasteiger partial charge < -0.3 is 4.74 Å². The van der Waals surface area contributed by atoms with E-state index >= 15 is 0 Å². The highest BCUT2D eigenvalue weighted by Crippen LogP contribution is 2.23. The third-order valence-corrected chi connectivity index (χ3v) is 5.95. The topological polar surface area (TPSA) is 55.5 Å². The highest BCUT2D eigenvalue weighted by molar-refractivity contribution is 7.71. The summed E-state index contributed by atoms with van der Waals surface area (Å²) in [6.45, 7) is 6.28. The van der Waals surface area contributed by atoms with Crippen molar-refractivity contribution in [2.24, 2.45) is 5.92 Å². The Morgan fingerprint density at radius 3 is 2.70 bits per heavy atom. The average Bonchev–Trinajstić information content (AvgIpc) is 3.04. The van der Waals surface area contributed by atoms with Gasteiger partial charge in [0.15, 0.2) is 5.82 Å². The maximum atomic E-state index is 13.5. The smallest absolute Gasteiger partial charge is 0.310 e. The standard InChI is InChI=1S/C21H30FN5O2S/c1-5-29-20(28)16-7-6-12-25(13-16)14-26-21(30)27(18-10-8-17(22)9-11-18)19(23-26)15(2)24(3)4/h8-11,15-16H,5-7,12-14H2,1-4H3. The average molecular weight is 436 g/mol. The Balaban J connectivity index is 1.90. The van der Waals surface area contributed by atoms with E-state index in [1.807, 2.05) is 25.6 Å². The Kier molecular flexibility index (Phi) is 7.38. The molecule has 0 bridgehead atoms. The Hall–Kier alpha value is -2.10. The lowest BCUT2D eigenvalue weighted by Crippen LogP contribution is -2.40. The van der Waals surface area contributed by atoms with Crippen molar-refractivity contribution in [3.63, 3.8) is 0 Å². The third-order valence-electron chi connectivity index (χ3n) is 5.56. The molecule has 0 radical (unpaired) electrons. The second-order valence-corrected chi connectivity index (χ2v) is 8.27. The van der Waals surface area contributed by atoms with E-state index in [-0.39, 0.29) is 23.7 Å². The van der Waals surface area contributed by atoms with Crippen molar-refractivity contribution in [1.82, 2.24) is 24.1 Å². The fourth-order valence-corrected chi connectivity index (χ4v) is 3.97. The number of nitrogens with zero attached hydrogens (tertiary/aromatic N) is 5. The molecule has 1 aliphatic heterocycles. The summed E-state index contributed by atoms with van der Waals surface area (Å²) in [4.78, 5) is 16.4. The molecule has 1 fully saturated rings. The van der Waals surface area contributed by atoms with E-state index in [0.29, 0.717) is 24.6 Å². The maximum Gasteiger partial charge on any atom is 0.310 e. The molecular weight excluding hydrogens is 405 g/mol. The molecule has 2 heterocycles. The van der Waals surface area contributed by atoms with Crippen molar-refractivity contribution in [2.75, 3.05) is 33.8 Å². The van der Waals surface area contributed by atoms with Gasteiger partial charge in [0.25, 0.3) is 0 Å². The number of ether oxygens (including phenoxy) is 1. The number of hydrogen-bond donors (Lipinski definition) is 0. The minimum atomic E-state index is -0.293. The van der Waals surface area contributed by atoms with Crippen molar-refractivity contribution in [2.45, 2.75) is 39.4 Å². The number of piperidine rings is 1. The molecule has 1 aliphatic rings. The Morgan fingerprint density at radius 2 is 2.07 bits per heavy atom. The van der Waals surface area contributed by atoms with E-state index in [1.165, 1.54) is 12.1 Å². The molecule has 7 nitrogen and oxygen atoms in total. The number of rotatable bonds is 7. The van der Waals surface area contributed by atoms with Crippen LogP contribution in [0.2, 0.25) is 0 Å². The molecule has 9 heteroatoms. The predicted octanol–water partition coefficient (Wildman–Crippen LogP) is 3.40. The highest BCUT2D eigenvalue weighted by Gasteiger charge is 2.28. The predicted molar refractivity (Wildman–Crippen MR) is 115 cm³/mol. The van der Waals surface area contributed by atoms with Crippen LogP contribution >= 0.6 is 12.2 Å². The summed E-state index contributed by atoms with van der Waals surface area (Å²) in [5.41, 5.74) is 0.777. The van der Waals surface area contributed by atoms with Crippen molar-refractivity contribution in [1.29, 1.82) is 0 Å². The fraction of sp³-hybridized carbons (Fsp3) is 0.571. The summed E-state index contributed by atoms with van der Waals surface area (Å²) in [5, 5.41) is 4.81. The van der Waals surface area contributed by atoms with Crippen molar-refractivity contribution < 1.29 is 13.9 Å². The number of carbonyl (C=O) groups is 1. The van der Waals surface area contributed by atoms with Crippen molar-refractivity contribution >= 4 is 18.2 Å². The first-order valence-electron chi connectivity index (χ1n) is 10.3. The number of hydrogen-bond acceptors (Lipinski definition) is 6. The van der Waals surface area contributed by atoms with Crippen LogP contribution in [0.15, 0.2) is 24.3 Å². The van der Waals surface area contributed by atoms with Crippen LogP contribution in [-0.4, -0.2) is 63.9 Å². The summed E-state index contributed by atoms with van der Waals surface area (Å²) in [7, 11) is 3.96. The maximum absolute atomic E-state index is 13.5. The SMILES string of the molecule is CCOC(=O)C1CCCN(Cn2nc(C(C)N(C)C)n(-c3ccc(F)cc3)c2=S)C1. The van der Waals surface area contributed by atoms with E-state index in [4.69, 9.17) is 22.1 Å². The monoisotopic (exact) mass is 435 g/mol. The van der Waals surface area contributed by atoms with Gasteiger partial charge in [-0.15, -0.1) is 0 Å². The zero-order valence-electron chi connectivity index (χ0n) is 18.0. The molecule has 0 saturated carbocycles. The molecule has 2 atom stereocenters. The molecule has 0 N–H and O–H groups in total. The lowest BCUT2D eigenvalue weighted by atomic mass is 9.99. The molecule has 2 aromatic rings. The highest BCUT2D eigenvalue weighted by atomic mass is 32.1. The fourth-order valence-electron chi connectivity index (χ4n) is 3.68. The van der Waals surface area contributed by atoms with E-state index in [0.717, 1.165) is 30.9 Å². The minimum Gasteiger partial charge on any atom is -0.466 e. The van der Waals surface area contributed by atoms with Crippen LogP contribution in [0, 0.1) is 16.5 Å². The van der Waals surface area contributed by atoms with Crippen LogP contribution in [0.3, 0.4) is 0 Å². The molecule has 2 unspecified atom stereocenters. The molecule has 0 aliphatic carbocycles. The van der Waals surface area contributed by atoms with Gasteiger partial charge in [0.2, 0.25) is 4.77 Å². The summed E-state index contributed by atoms with van der Waals surface area (Å²) < 4.78 is 22.9. The Labute approximate surface area is 182 Å². The lowest BCUT2D eigenvalue weighted by molar-refractivity contribution is -0.150. The lowest BCUT2D eigenvalue weighted by Gasteiger charge is -2.31. The van der Waals surface area contributed by atoms with Crippen LogP contribution in [0.4, 0.5) is 4.39 Å². The molecule has 0 spiro atoms. The Bertz CT molecular complexity index is 924. The van der Waals surface area contributed by atoms with E-state index in [2.05, 4.69) is 16.7 Å². The van der Waals surface area contributed by atoms with Crippen LogP contribution < -0.4 is 0 Å². The van der Waals surface area contributed by atoms with Gasteiger partial charge in [-0.2, -0.15) is 5.10 Å². The molecule has 30 heavy (non-hydrogen) atoms. The molecule has 3 rings (SSSR count). The van der Waals surface area contributed by atoms with E-state index in [9.17, 15) is 9.18 Å². The number of halogens is 1. The molecule has 164 valence electrons. The van der Waals surface area contributed by atoms with Crippen molar-refractivity contribution in [3.8, 4) is 5.69 Å². The van der Waals surface area contributed by atoms with Gasteiger partial charge in [-0.1, -0.05) is 0 Å². The van der Waals surface area contributed by atoms with Crippen LogP contribution in [0.5, 0.6) is 0 Å². The molecule has 1 aromatic carbocycles. The van der Waals surface area contributed by atoms with E-state index in [1.54, 1.807) is 16.8 Å². The second kappa shape index (κ2) is 9.80. The molecule has 1 saturated heterocycles. The van der Waals surface area contributed by atoms with E-state index < -0.39 is 0 Å². The quantitative estimate of drug-likeness (QED) is 0.491. The van der Waals surface area contributed by atoms with Gasteiger partial charge in [0.05, 0.1) is 25.2 Å². The summed E-state index contributed by atoms with van der Waals surface area (Å²) in [5.74, 6) is 0.241. The molecule has 0 amide bonds. The van der Waals surface area contributed by atoms with Gasteiger partial charge in [0, 0.05) is 12.2 Å². The Morgan fingerprint density at radius 1 is 1.37 bits per heavy atom. The molecular formula is C21H30FN5O2S. The zero-order valence-corrected chi connectivity index (χ0v) is 18.9. The summed E-state index contributed by atoms with van der Waals surface area (Å²) in [6, 6.07) is 6.27. The number of carbonyl (C=O) groups excluding carboxylic acids is 1. The van der Waals surface area contributed by atoms with Gasteiger partial charge in [-0.05, 0) is 83.8 Å². The van der Waals surface area contributed by atoms with Gasteiger partial charge in [0.1, 0.15) is 5.82 Å². The first-order chi connectivity index (χ1) is 14.3. The second-order valence-electron chi connectivity index (χ2n) is 7.90. The van der Waals surface area contributed by atoms with Gasteiger partial charge in [-0.3, -0.25) is 19.2 Å². The van der Waals surface area contributed by atoms with Crippen LogP contribution in [-0.2, 0) is 16.2 Å². The first kappa shape index (κ1) is 22.6. The number of aromatic nitrogens is 3. The summed E-state index contributed by atoms with van der Waals surface area (Å²) in [6.07, 6.45) is 1.77. The van der Waals surface area contributed by atoms with Gasteiger partial charge >= 0.3 is 5.97 Å². The minimum absolute atomic E-state index is 0.00615. The number of benzene rings is 1. The zero-order chi connectivity index (χ0) is 21.8. The third kappa shape index (κ3) is 4.96.